The van der Waals surface area contributed by atoms with E-state index in [0.717, 1.165) is 52.6 Å². The molecule has 2 N–H and O–H groups in total. The van der Waals surface area contributed by atoms with E-state index < -0.39 is 0 Å². The van der Waals surface area contributed by atoms with Crippen molar-refractivity contribution in [3.05, 3.63) is 58.1 Å². The van der Waals surface area contributed by atoms with E-state index in [1.807, 2.05) is 50.2 Å². The van der Waals surface area contributed by atoms with Crippen molar-refractivity contribution in [2.45, 2.75) is 39.2 Å². The maximum absolute atomic E-state index is 11.7. The predicted octanol–water partition coefficient (Wildman–Crippen LogP) is 4.65. The topological polar surface area (TPSA) is 50.4 Å². The van der Waals surface area contributed by atoms with Crippen LogP contribution in [0.3, 0.4) is 0 Å². The van der Waals surface area contributed by atoms with Crippen LogP contribution in [-0.4, -0.2) is 19.1 Å². The van der Waals surface area contributed by atoms with Crippen molar-refractivity contribution < 1.29 is 9.53 Å². The summed E-state index contributed by atoms with van der Waals surface area (Å²) >= 11 is 6.28. The van der Waals surface area contributed by atoms with Gasteiger partial charge in [-0.15, -0.1) is 0 Å². The fourth-order valence-corrected chi connectivity index (χ4v) is 3.63. The van der Waals surface area contributed by atoms with Gasteiger partial charge in [-0.2, -0.15) is 0 Å². The normalized spacial score (nSPS) is 16.2. The number of anilines is 1. The third-order valence-corrected chi connectivity index (χ3v) is 4.78. The minimum Gasteiger partial charge on any atom is -0.493 e. The van der Waals surface area contributed by atoms with Crippen LogP contribution in [0.5, 0.6) is 5.75 Å². The molecule has 0 bridgehead atoms. The van der Waals surface area contributed by atoms with Gasteiger partial charge >= 0.3 is 0 Å². The first-order chi connectivity index (χ1) is 12.6. The van der Waals surface area contributed by atoms with Gasteiger partial charge in [-0.1, -0.05) is 23.7 Å². The number of carbonyl (C=O) groups is 1. The summed E-state index contributed by atoms with van der Waals surface area (Å²) in [5.41, 5.74) is 4.21. The van der Waals surface area contributed by atoms with Crippen molar-refractivity contribution in [1.82, 2.24) is 5.32 Å². The van der Waals surface area contributed by atoms with Gasteiger partial charge in [-0.3, -0.25) is 4.79 Å². The van der Waals surface area contributed by atoms with Crippen molar-refractivity contribution >= 4 is 23.2 Å². The Hall–Kier alpha value is -2.20. The van der Waals surface area contributed by atoms with Crippen molar-refractivity contribution in [2.24, 2.45) is 0 Å². The molecule has 1 unspecified atom stereocenters. The number of benzene rings is 2. The molecule has 0 fully saturated rings. The first kappa shape index (κ1) is 18.6. The van der Waals surface area contributed by atoms with Crippen LogP contribution in [0.25, 0.3) is 0 Å². The van der Waals surface area contributed by atoms with Crippen LogP contribution in [0.4, 0.5) is 5.69 Å². The average molecular weight is 373 g/mol. The lowest BCUT2D eigenvalue weighted by atomic mass is 9.99. The number of fused-ring (bicyclic) bond motifs is 1. The van der Waals surface area contributed by atoms with Crippen LogP contribution in [0.1, 0.15) is 42.5 Å². The van der Waals surface area contributed by atoms with Gasteiger partial charge in [0.25, 0.3) is 0 Å². The highest BCUT2D eigenvalue weighted by Gasteiger charge is 2.22. The van der Waals surface area contributed by atoms with Gasteiger partial charge in [0.05, 0.1) is 19.1 Å². The third-order valence-electron chi connectivity index (χ3n) is 4.56. The lowest BCUT2D eigenvalue weighted by Gasteiger charge is -2.21. The van der Waals surface area contributed by atoms with Crippen molar-refractivity contribution in [2.75, 3.05) is 18.5 Å². The van der Waals surface area contributed by atoms with Crippen molar-refractivity contribution in [3.63, 3.8) is 0 Å². The van der Waals surface area contributed by atoms with E-state index in [0.29, 0.717) is 13.0 Å². The summed E-state index contributed by atoms with van der Waals surface area (Å²) < 4.78 is 5.94. The van der Waals surface area contributed by atoms with Crippen LogP contribution < -0.4 is 15.4 Å². The van der Waals surface area contributed by atoms with Crippen molar-refractivity contribution in [1.29, 1.82) is 0 Å². The predicted molar refractivity (Wildman–Crippen MR) is 106 cm³/mol. The first-order valence-electron chi connectivity index (χ1n) is 9.12. The average Bonchev–Trinajstić information content (AvgIpc) is 2.80. The second kappa shape index (κ2) is 8.45. The van der Waals surface area contributed by atoms with E-state index in [9.17, 15) is 4.79 Å². The number of likely N-dealkylation sites (N-methyl/N-ethyl adjacent to an activating group) is 1. The molecule has 1 atom stereocenters. The van der Waals surface area contributed by atoms with E-state index in [2.05, 4.69) is 10.6 Å². The molecule has 0 saturated carbocycles. The van der Waals surface area contributed by atoms with Crippen LogP contribution in [0.2, 0.25) is 5.02 Å². The zero-order valence-electron chi connectivity index (χ0n) is 15.3. The Morgan fingerprint density at radius 3 is 2.77 bits per heavy atom. The van der Waals surface area contributed by atoms with Gasteiger partial charge in [0.1, 0.15) is 5.75 Å². The molecular formula is C21H25ClN2O2. The highest BCUT2D eigenvalue weighted by atomic mass is 35.5. The lowest BCUT2D eigenvalue weighted by Crippen LogP contribution is -2.24. The Morgan fingerprint density at radius 2 is 2.04 bits per heavy atom. The van der Waals surface area contributed by atoms with Gasteiger partial charge in [-0.25, -0.2) is 0 Å². The number of ether oxygens (including phenoxy) is 1. The smallest absolute Gasteiger partial charge is 0.224 e. The first-order valence-corrected chi connectivity index (χ1v) is 9.49. The maximum atomic E-state index is 11.7. The summed E-state index contributed by atoms with van der Waals surface area (Å²) in [6, 6.07) is 12.1. The number of hydrogen-bond acceptors (Lipinski definition) is 3. The summed E-state index contributed by atoms with van der Waals surface area (Å²) in [6.07, 6.45) is 2.37. The van der Waals surface area contributed by atoms with E-state index in [1.54, 1.807) is 0 Å². The zero-order valence-corrected chi connectivity index (χ0v) is 16.0. The zero-order chi connectivity index (χ0) is 18.5. The summed E-state index contributed by atoms with van der Waals surface area (Å²) in [5.74, 6) is 0.991. The van der Waals surface area contributed by atoms with Crippen molar-refractivity contribution in [3.8, 4) is 5.75 Å². The Bertz CT molecular complexity index is 774. The molecule has 1 heterocycles. The van der Waals surface area contributed by atoms with Gasteiger partial charge in [0, 0.05) is 22.8 Å². The van der Waals surface area contributed by atoms with Gasteiger partial charge < -0.3 is 15.4 Å². The van der Waals surface area contributed by atoms with E-state index in [4.69, 9.17) is 16.3 Å². The Labute approximate surface area is 159 Å². The summed E-state index contributed by atoms with van der Waals surface area (Å²) in [7, 11) is 0. The fourth-order valence-electron chi connectivity index (χ4n) is 3.34. The Morgan fingerprint density at radius 1 is 1.27 bits per heavy atom. The number of hydrogen-bond donors (Lipinski definition) is 2. The fraction of sp³-hybridized carbons (Fsp3) is 0.381. The number of carbonyl (C=O) groups excluding carboxylic acids is 1. The van der Waals surface area contributed by atoms with Crippen LogP contribution in [-0.2, 0) is 11.2 Å². The van der Waals surface area contributed by atoms with Gasteiger partial charge in [0.2, 0.25) is 5.91 Å². The van der Waals surface area contributed by atoms with E-state index in [1.165, 1.54) is 0 Å². The molecule has 0 spiro atoms. The molecule has 138 valence electrons. The molecule has 1 aliphatic heterocycles. The van der Waals surface area contributed by atoms with E-state index in [-0.39, 0.29) is 11.9 Å². The second-order valence-electron chi connectivity index (χ2n) is 6.66. The SMILES string of the molecule is CCNC(=O)Cc1ccc(NC2CCCOc3c(C)cc(Cl)cc32)cc1. The molecule has 2 aromatic rings. The molecule has 3 rings (SSSR count). The van der Waals surface area contributed by atoms with Crippen LogP contribution in [0.15, 0.2) is 36.4 Å². The number of nitrogens with one attached hydrogen (secondary N) is 2. The molecule has 0 radical (unpaired) electrons. The lowest BCUT2D eigenvalue weighted by molar-refractivity contribution is -0.120. The minimum absolute atomic E-state index is 0.0492. The van der Waals surface area contributed by atoms with Gasteiger partial charge in [-0.05, 0) is 62.1 Å². The highest BCUT2D eigenvalue weighted by Crippen LogP contribution is 2.38. The molecule has 1 aliphatic rings. The molecule has 26 heavy (non-hydrogen) atoms. The molecule has 1 amide bonds. The Kier molecular flexibility index (Phi) is 6.04. The molecular weight excluding hydrogens is 348 g/mol. The second-order valence-corrected chi connectivity index (χ2v) is 7.09. The number of amides is 1. The van der Waals surface area contributed by atoms with Gasteiger partial charge in [0.15, 0.2) is 0 Å². The van der Waals surface area contributed by atoms with E-state index >= 15 is 0 Å². The molecule has 0 aromatic heterocycles. The van der Waals surface area contributed by atoms with Crippen LogP contribution in [0, 0.1) is 6.92 Å². The number of aryl methyl sites for hydroxylation is 1. The number of halogens is 1. The largest absolute Gasteiger partial charge is 0.493 e. The summed E-state index contributed by atoms with van der Waals surface area (Å²) in [5, 5.41) is 7.15. The molecule has 0 aliphatic carbocycles. The monoisotopic (exact) mass is 372 g/mol. The molecule has 2 aromatic carbocycles. The third kappa shape index (κ3) is 4.50. The number of rotatable bonds is 5. The minimum atomic E-state index is 0.0492. The van der Waals surface area contributed by atoms with Crippen LogP contribution >= 0.6 is 11.6 Å². The summed E-state index contributed by atoms with van der Waals surface area (Å²) in [6.45, 7) is 5.33. The maximum Gasteiger partial charge on any atom is 0.224 e. The Balaban J connectivity index is 1.76. The standard InChI is InChI=1S/C21H25ClN2O2/c1-3-23-20(25)12-15-6-8-17(9-7-15)24-19-5-4-10-26-21-14(2)11-16(22)13-18(19)21/h6-9,11,13,19,24H,3-5,10,12H2,1-2H3,(H,23,25). The highest BCUT2D eigenvalue weighted by molar-refractivity contribution is 6.30. The molecule has 5 heteroatoms. The molecule has 0 saturated heterocycles. The summed E-state index contributed by atoms with van der Waals surface area (Å²) in [4.78, 5) is 11.7. The quantitative estimate of drug-likeness (QED) is 0.803. The molecule has 4 nitrogen and oxygen atoms in total.